The topological polar surface area (TPSA) is 55.4 Å². The van der Waals surface area contributed by atoms with Gasteiger partial charge in [0.2, 0.25) is 5.91 Å². The van der Waals surface area contributed by atoms with Crippen molar-refractivity contribution in [3.63, 3.8) is 0 Å². The van der Waals surface area contributed by atoms with Crippen LogP contribution in [0, 0.1) is 0 Å². The molecule has 1 N–H and O–H groups in total. The summed E-state index contributed by atoms with van der Waals surface area (Å²) in [6, 6.07) is 5.10. The lowest BCUT2D eigenvalue weighted by Crippen LogP contribution is -2.16. The summed E-state index contributed by atoms with van der Waals surface area (Å²) in [5, 5.41) is 4.33. The van der Waals surface area contributed by atoms with Crippen LogP contribution in [0.2, 0.25) is 10.0 Å². The number of benzene rings is 1. The Bertz CT molecular complexity index is 848. The molecule has 1 heterocycles. The molecule has 0 saturated heterocycles. The monoisotopic (exact) mass is 411 g/mol. The van der Waals surface area contributed by atoms with E-state index in [1.807, 2.05) is 0 Å². The molecule has 0 radical (unpaired) electrons. The fraction of sp³-hybridized carbons (Fsp3) is 0.368. The Balaban J connectivity index is 1.83. The highest BCUT2D eigenvalue weighted by Gasteiger charge is 2.26. The van der Waals surface area contributed by atoms with E-state index in [1.165, 1.54) is 23.3 Å². The molecule has 26 heavy (non-hydrogen) atoms. The molecule has 1 aliphatic rings. The Kier molecular flexibility index (Phi) is 6.22. The number of rotatable bonds is 4. The Hall–Kier alpha value is -1.56. The molecular formula is C19H19Cl2NO3S. The smallest absolute Gasteiger partial charge is 0.341 e. The number of hydrogen-bond acceptors (Lipinski definition) is 4. The van der Waals surface area contributed by atoms with Crippen LogP contribution >= 0.6 is 34.5 Å². The van der Waals surface area contributed by atoms with Crippen molar-refractivity contribution in [3.8, 4) is 0 Å². The Labute approximate surface area is 166 Å². The number of methoxy groups -OCH3 is 1. The van der Waals surface area contributed by atoms with Gasteiger partial charge in [0, 0.05) is 4.88 Å². The summed E-state index contributed by atoms with van der Waals surface area (Å²) >= 11 is 13.4. The van der Waals surface area contributed by atoms with Crippen LogP contribution in [0.15, 0.2) is 18.2 Å². The van der Waals surface area contributed by atoms with Crippen molar-refractivity contribution in [1.29, 1.82) is 0 Å². The fourth-order valence-corrected chi connectivity index (χ4v) is 4.77. The second-order valence-electron chi connectivity index (χ2n) is 6.23. The van der Waals surface area contributed by atoms with Gasteiger partial charge in [0.05, 0.1) is 29.1 Å². The maximum absolute atomic E-state index is 12.5. The Morgan fingerprint density at radius 1 is 1.15 bits per heavy atom. The predicted molar refractivity (Wildman–Crippen MR) is 106 cm³/mol. The highest BCUT2D eigenvalue weighted by atomic mass is 35.5. The van der Waals surface area contributed by atoms with E-state index >= 15 is 0 Å². The quantitative estimate of drug-likeness (QED) is 0.548. The molecule has 0 unspecified atom stereocenters. The molecule has 2 aromatic rings. The fourth-order valence-electron chi connectivity index (χ4n) is 3.15. The summed E-state index contributed by atoms with van der Waals surface area (Å²) in [5.74, 6) is -0.598. The van der Waals surface area contributed by atoms with Crippen molar-refractivity contribution >= 4 is 51.4 Å². The van der Waals surface area contributed by atoms with Crippen molar-refractivity contribution in [2.24, 2.45) is 0 Å². The average Bonchev–Trinajstić information content (AvgIpc) is 2.78. The van der Waals surface area contributed by atoms with Crippen molar-refractivity contribution in [3.05, 3.63) is 49.8 Å². The third-order valence-corrected chi connectivity index (χ3v) is 6.36. The minimum absolute atomic E-state index is 0.153. The largest absolute Gasteiger partial charge is 0.465 e. The lowest BCUT2D eigenvalue weighted by Gasteiger charge is -2.08. The number of amides is 1. The molecule has 0 spiro atoms. The van der Waals surface area contributed by atoms with E-state index in [1.54, 1.807) is 18.2 Å². The highest BCUT2D eigenvalue weighted by Crippen LogP contribution is 2.38. The van der Waals surface area contributed by atoms with E-state index in [0.717, 1.165) is 43.2 Å². The minimum atomic E-state index is -0.394. The molecule has 0 bridgehead atoms. The lowest BCUT2D eigenvalue weighted by atomic mass is 10.1. The van der Waals surface area contributed by atoms with E-state index in [9.17, 15) is 9.59 Å². The zero-order valence-corrected chi connectivity index (χ0v) is 16.7. The molecular weight excluding hydrogens is 393 g/mol. The maximum Gasteiger partial charge on any atom is 0.341 e. The van der Waals surface area contributed by atoms with Gasteiger partial charge in [-0.2, -0.15) is 0 Å². The molecule has 1 aromatic heterocycles. The van der Waals surface area contributed by atoms with E-state index in [0.29, 0.717) is 20.6 Å². The second-order valence-corrected chi connectivity index (χ2v) is 8.15. The van der Waals surface area contributed by atoms with Crippen molar-refractivity contribution in [1.82, 2.24) is 0 Å². The number of thiophene rings is 1. The number of esters is 1. The molecule has 0 aliphatic heterocycles. The van der Waals surface area contributed by atoms with E-state index in [-0.39, 0.29) is 12.3 Å². The van der Waals surface area contributed by atoms with Gasteiger partial charge in [-0.3, -0.25) is 4.79 Å². The van der Waals surface area contributed by atoms with Gasteiger partial charge >= 0.3 is 5.97 Å². The number of carbonyl (C=O) groups excluding carboxylic acids is 2. The summed E-state index contributed by atoms with van der Waals surface area (Å²) in [6.07, 6.45) is 5.24. The zero-order valence-electron chi connectivity index (χ0n) is 14.4. The Morgan fingerprint density at radius 2 is 1.92 bits per heavy atom. The number of aryl methyl sites for hydroxylation is 1. The van der Waals surface area contributed by atoms with Crippen LogP contribution in [0.5, 0.6) is 0 Å². The van der Waals surface area contributed by atoms with Gasteiger partial charge in [-0.05, 0) is 48.9 Å². The third-order valence-electron chi connectivity index (χ3n) is 4.41. The SMILES string of the molecule is COC(=O)c1c(NC(=O)Cc2ccc(Cl)c(Cl)c2)sc2c1CCCCC2. The average molecular weight is 412 g/mol. The van der Waals surface area contributed by atoms with Gasteiger partial charge in [0.15, 0.2) is 0 Å². The number of hydrogen-bond donors (Lipinski definition) is 1. The standard InChI is InChI=1S/C19H19Cl2NO3S/c1-25-19(24)17-12-5-3-2-4-6-15(12)26-18(17)22-16(23)10-11-7-8-13(20)14(21)9-11/h7-9H,2-6,10H2,1H3,(H,22,23). The van der Waals surface area contributed by atoms with Crippen LogP contribution in [0.1, 0.15) is 45.6 Å². The van der Waals surface area contributed by atoms with Crippen molar-refractivity contribution < 1.29 is 14.3 Å². The molecule has 4 nitrogen and oxygen atoms in total. The minimum Gasteiger partial charge on any atom is -0.465 e. The van der Waals surface area contributed by atoms with E-state index in [4.69, 9.17) is 27.9 Å². The first-order chi connectivity index (χ1) is 12.5. The molecule has 0 atom stereocenters. The lowest BCUT2D eigenvalue weighted by molar-refractivity contribution is -0.115. The maximum atomic E-state index is 12.5. The summed E-state index contributed by atoms with van der Waals surface area (Å²) in [6.45, 7) is 0. The van der Waals surface area contributed by atoms with Gasteiger partial charge in [-0.1, -0.05) is 35.7 Å². The number of fused-ring (bicyclic) bond motifs is 1. The van der Waals surface area contributed by atoms with Crippen LogP contribution in [-0.4, -0.2) is 19.0 Å². The highest BCUT2D eigenvalue weighted by molar-refractivity contribution is 7.17. The first-order valence-corrected chi connectivity index (χ1v) is 10.0. The normalized spacial score (nSPS) is 13.7. The van der Waals surface area contributed by atoms with Gasteiger partial charge in [0.1, 0.15) is 5.00 Å². The number of halogens is 2. The van der Waals surface area contributed by atoms with Crippen molar-refractivity contribution in [2.45, 2.75) is 38.5 Å². The number of anilines is 1. The molecule has 1 aliphatic carbocycles. The summed E-state index contributed by atoms with van der Waals surface area (Å²) in [7, 11) is 1.37. The number of nitrogens with one attached hydrogen (secondary N) is 1. The molecule has 0 fully saturated rings. The summed E-state index contributed by atoms with van der Waals surface area (Å²) in [5.41, 5.74) is 2.30. The van der Waals surface area contributed by atoms with Crippen LogP contribution < -0.4 is 5.32 Å². The molecule has 138 valence electrons. The first kappa shape index (κ1) is 19.2. The Morgan fingerprint density at radius 3 is 2.65 bits per heavy atom. The third kappa shape index (κ3) is 4.22. The van der Waals surface area contributed by atoms with E-state index in [2.05, 4.69) is 5.32 Å². The van der Waals surface area contributed by atoms with Crippen LogP contribution in [0.25, 0.3) is 0 Å². The number of carbonyl (C=O) groups is 2. The first-order valence-electron chi connectivity index (χ1n) is 8.46. The van der Waals surface area contributed by atoms with E-state index < -0.39 is 5.97 Å². The van der Waals surface area contributed by atoms with Gasteiger partial charge < -0.3 is 10.1 Å². The predicted octanol–water partition coefficient (Wildman–Crippen LogP) is 5.29. The van der Waals surface area contributed by atoms with Crippen LogP contribution in [-0.2, 0) is 28.8 Å². The molecule has 7 heteroatoms. The van der Waals surface area contributed by atoms with Crippen molar-refractivity contribution in [2.75, 3.05) is 12.4 Å². The molecule has 1 aromatic carbocycles. The molecule has 0 saturated carbocycles. The van der Waals surface area contributed by atoms with Gasteiger partial charge in [-0.25, -0.2) is 4.79 Å². The van der Waals surface area contributed by atoms with Gasteiger partial charge in [-0.15, -0.1) is 11.3 Å². The molecule has 3 rings (SSSR count). The zero-order chi connectivity index (χ0) is 18.7. The second kappa shape index (κ2) is 8.42. The van der Waals surface area contributed by atoms with Crippen LogP contribution in [0.3, 0.4) is 0 Å². The summed E-state index contributed by atoms with van der Waals surface area (Å²) < 4.78 is 4.96. The van der Waals surface area contributed by atoms with Crippen LogP contribution in [0.4, 0.5) is 5.00 Å². The van der Waals surface area contributed by atoms with Gasteiger partial charge in [0.25, 0.3) is 0 Å². The number of ether oxygens (including phenoxy) is 1. The molecule has 1 amide bonds. The summed E-state index contributed by atoms with van der Waals surface area (Å²) in [4.78, 5) is 26.0.